The molecular weight excluding hydrogens is 318 g/mol. The molecule has 24 heavy (non-hydrogen) atoms. The number of rotatable bonds is 5. The van der Waals surface area contributed by atoms with Gasteiger partial charge in [0.05, 0.1) is 12.1 Å². The van der Waals surface area contributed by atoms with Crippen LogP contribution in [0.25, 0.3) is 5.13 Å². The Kier molecular flexibility index (Phi) is 4.81. The third-order valence-electron chi connectivity index (χ3n) is 4.08. The number of carbonyl (C=O) groups excluding carboxylic acids is 1. The summed E-state index contributed by atoms with van der Waals surface area (Å²) in [7, 11) is 0. The summed E-state index contributed by atoms with van der Waals surface area (Å²) in [4.78, 5) is 16.8. The van der Waals surface area contributed by atoms with E-state index in [0.29, 0.717) is 13.0 Å². The van der Waals surface area contributed by atoms with Crippen molar-refractivity contribution < 1.29 is 4.79 Å². The molecule has 3 rings (SSSR count). The molecule has 0 aliphatic rings. The van der Waals surface area contributed by atoms with Gasteiger partial charge in [-0.25, -0.2) is 4.98 Å². The van der Waals surface area contributed by atoms with Crippen LogP contribution < -0.4 is 5.32 Å². The van der Waals surface area contributed by atoms with Crippen LogP contribution in [0.15, 0.2) is 41.8 Å². The molecular formula is C19H21N3OS. The summed E-state index contributed by atoms with van der Waals surface area (Å²) in [6.07, 6.45) is 0.307. The van der Waals surface area contributed by atoms with Gasteiger partial charge in [-0.1, -0.05) is 24.3 Å². The number of benzene rings is 1. The third kappa shape index (κ3) is 3.57. The zero-order valence-electron chi connectivity index (χ0n) is 14.2. The first-order valence-corrected chi connectivity index (χ1v) is 8.83. The predicted molar refractivity (Wildman–Crippen MR) is 97.6 cm³/mol. The number of hydrogen-bond donors (Lipinski definition) is 1. The Morgan fingerprint density at radius 2 is 1.83 bits per heavy atom. The Bertz CT molecular complexity index is 844. The molecule has 0 aliphatic carbocycles. The van der Waals surface area contributed by atoms with Crippen molar-refractivity contribution in [1.29, 1.82) is 0 Å². The molecule has 0 saturated heterocycles. The minimum atomic E-state index is -0.00365. The van der Waals surface area contributed by atoms with Crippen LogP contribution in [0.2, 0.25) is 0 Å². The van der Waals surface area contributed by atoms with Crippen LogP contribution in [0, 0.1) is 20.8 Å². The summed E-state index contributed by atoms with van der Waals surface area (Å²) < 4.78 is 2.11. The Hall–Kier alpha value is -2.40. The molecule has 0 spiro atoms. The lowest BCUT2D eigenvalue weighted by molar-refractivity contribution is -0.120. The van der Waals surface area contributed by atoms with Crippen molar-refractivity contribution in [2.75, 3.05) is 0 Å². The van der Waals surface area contributed by atoms with Crippen LogP contribution in [0.5, 0.6) is 0 Å². The van der Waals surface area contributed by atoms with Crippen LogP contribution >= 0.6 is 11.3 Å². The van der Waals surface area contributed by atoms with E-state index in [1.165, 1.54) is 5.56 Å². The molecule has 2 aromatic heterocycles. The van der Waals surface area contributed by atoms with Crippen molar-refractivity contribution in [3.8, 4) is 5.13 Å². The molecule has 4 nitrogen and oxygen atoms in total. The summed E-state index contributed by atoms with van der Waals surface area (Å²) in [6, 6.07) is 12.2. The van der Waals surface area contributed by atoms with Crippen molar-refractivity contribution in [1.82, 2.24) is 14.9 Å². The summed E-state index contributed by atoms with van der Waals surface area (Å²) in [5, 5.41) is 5.85. The van der Waals surface area contributed by atoms with E-state index in [2.05, 4.69) is 53.8 Å². The largest absolute Gasteiger partial charge is 0.352 e. The van der Waals surface area contributed by atoms with E-state index < -0.39 is 0 Å². The highest BCUT2D eigenvalue weighted by Gasteiger charge is 2.11. The fourth-order valence-electron chi connectivity index (χ4n) is 2.68. The highest BCUT2D eigenvalue weighted by Crippen LogP contribution is 2.20. The lowest BCUT2D eigenvalue weighted by Crippen LogP contribution is -2.25. The maximum Gasteiger partial charge on any atom is 0.226 e. The fourth-order valence-corrected chi connectivity index (χ4v) is 3.62. The number of thiazole rings is 1. The number of hydrogen-bond acceptors (Lipinski definition) is 3. The summed E-state index contributed by atoms with van der Waals surface area (Å²) in [5.74, 6) is -0.00365. The monoisotopic (exact) mass is 339 g/mol. The lowest BCUT2D eigenvalue weighted by atomic mass is 10.1. The van der Waals surface area contributed by atoms with Crippen molar-refractivity contribution in [3.63, 3.8) is 0 Å². The van der Waals surface area contributed by atoms with Gasteiger partial charge in [-0.2, -0.15) is 0 Å². The second-order valence-electron chi connectivity index (χ2n) is 5.95. The van der Waals surface area contributed by atoms with E-state index in [1.54, 1.807) is 11.3 Å². The predicted octanol–water partition coefficient (Wildman–Crippen LogP) is 3.72. The first-order chi connectivity index (χ1) is 11.5. The molecule has 0 atom stereocenters. The van der Waals surface area contributed by atoms with Gasteiger partial charge in [-0.05, 0) is 44.0 Å². The first kappa shape index (κ1) is 16.5. The minimum Gasteiger partial charge on any atom is -0.352 e. The molecule has 0 aliphatic heterocycles. The number of amides is 1. The van der Waals surface area contributed by atoms with Gasteiger partial charge >= 0.3 is 0 Å². The Morgan fingerprint density at radius 1 is 1.12 bits per heavy atom. The molecule has 1 aromatic carbocycles. The van der Waals surface area contributed by atoms with E-state index in [-0.39, 0.29) is 5.91 Å². The van der Waals surface area contributed by atoms with Crippen molar-refractivity contribution in [3.05, 3.63) is 70.0 Å². The molecule has 2 heterocycles. The zero-order valence-corrected chi connectivity index (χ0v) is 15.0. The smallest absolute Gasteiger partial charge is 0.226 e. The average Bonchev–Trinajstić information content (AvgIpc) is 3.13. The molecule has 0 radical (unpaired) electrons. The van der Waals surface area contributed by atoms with Gasteiger partial charge in [0.2, 0.25) is 5.91 Å². The Balaban J connectivity index is 1.63. The van der Waals surface area contributed by atoms with Gasteiger partial charge in [0.25, 0.3) is 0 Å². The van der Waals surface area contributed by atoms with E-state index in [0.717, 1.165) is 27.8 Å². The number of nitrogens with zero attached hydrogens (tertiary/aromatic N) is 2. The molecule has 1 N–H and O–H groups in total. The van der Waals surface area contributed by atoms with Gasteiger partial charge in [-0.15, -0.1) is 11.3 Å². The van der Waals surface area contributed by atoms with E-state index >= 15 is 0 Å². The topological polar surface area (TPSA) is 46.9 Å². The molecule has 0 bridgehead atoms. The highest BCUT2D eigenvalue weighted by atomic mass is 32.1. The third-order valence-corrected chi connectivity index (χ3v) is 4.96. The molecule has 124 valence electrons. The first-order valence-electron chi connectivity index (χ1n) is 7.95. The number of nitrogens with one attached hydrogen (secondary N) is 1. The SMILES string of the molecule is Cc1ccccc1CNC(=O)Cc1csc(-n2c(C)ccc2C)n1. The van der Waals surface area contributed by atoms with Crippen LogP contribution in [-0.4, -0.2) is 15.5 Å². The quantitative estimate of drug-likeness (QED) is 0.770. The van der Waals surface area contributed by atoms with E-state index in [9.17, 15) is 4.79 Å². The van der Waals surface area contributed by atoms with Crippen LogP contribution in [0.1, 0.15) is 28.2 Å². The number of carbonyl (C=O) groups is 1. The maximum absolute atomic E-state index is 12.2. The van der Waals surface area contributed by atoms with Crippen molar-refractivity contribution >= 4 is 17.2 Å². The average molecular weight is 339 g/mol. The summed E-state index contributed by atoms with van der Waals surface area (Å²) in [6.45, 7) is 6.72. The molecule has 1 amide bonds. The normalized spacial score (nSPS) is 10.8. The number of aromatic nitrogens is 2. The summed E-state index contributed by atoms with van der Waals surface area (Å²) in [5.41, 5.74) is 5.44. The van der Waals surface area contributed by atoms with Crippen molar-refractivity contribution in [2.45, 2.75) is 33.7 Å². The van der Waals surface area contributed by atoms with Gasteiger partial charge in [0, 0.05) is 23.3 Å². The standard InChI is InChI=1S/C19H21N3OS/c1-13-6-4-5-7-16(13)11-20-18(23)10-17-12-24-19(21-17)22-14(2)8-9-15(22)3/h4-9,12H,10-11H2,1-3H3,(H,20,23). The molecule has 3 aromatic rings. The van der Waals surface area contributed by atoms with Gasteiger partial charge in [-0.3, -0.25) is 9.36 Å². The van der Waals surface area contributed by atoms with Crippen molar-refractivity contribution in [2.24, 2.45) is 0 Å². The maximum atomic E-state index is 12.2. The van der Waals surface area contributed by atoms with E-state index in [4.69, 9.17) is 0 Å². The molecule has 0 saturated carbocycles. The Morgan fingerprint density at radius 3 is 2.54 bits per heavy atom. The highest BCUT2D eigenvalue weighted by molar-refractivity contribution is 7.12. The second-order valence-corrected chi connectivity index (χ2v) is 6.79. The van der Waals surface area contributed by atoms with Crippen LogP contribution in [0.4, 0.5) is 0 Å². The van der Waals surface area contributed by atoms with Crippen LogP contribution in [0.3, 0.4) is 0 Å². The minimum absolute atomic E-state index is 0.00365. The number of aryl methyl sites for hydroxylation is 3. The fraction of sp³-hybridized carbons (Fsp3) is 0.263. The summed E-state index contributed by atoms with van der Waals surface area (Å²) >= 11 is 1.57. The molecule has 5 heteroatoms. The Labute approximate surface area is 146 Å². The van der Waals surface area contributed by atoms with E-state index in [1.807, 2.05) is 23.6 Å². The van der Waals surface area contributed by atoms with Gasteiger partial charge in [0.15, 0.2) is 5.13 Å². The lowest BCUT2D eigenvalue weighted by Gasteiger charge is -2.07. The molecule has 0 unspecified atom stereocenters. The van der Waals surface area contributed by atoms with Gasteiger partial charge < -0.3 is 5.32 Å². The van der Waals surface area contributed by atoms with Crippen LogP contribution in [-0.2, 0) is 17.8 Å². The molecule has 0 fully saturated rings. The zero-order chi connectivity index (χ0) is 17.1. The second kappa shape index (κ2) is 7.01. The van der Waals surface area contributed by atoms with Gasteiger partial charge in [0.1, 0.15) is 0 Å².